The highest BCUT2D eigenvalue weighted by Gasteiger charge is 2.30. The van der Waals surface area contributed by atoms with Crippen molar-refractivity contribution in [2.24, 2.45) is 5.92 Å². The van der Waals surface area contributed by atoms with E-state index in [1.54, 1.807) is 11.3 Å². The summed E-state index contributed by atoms with van der Waals surface area (Å²) in [6.07, 6.45) is 3.12. The molecule has 2 amide bonds. The van der Waals surface area contributed by atoms with Crippen LogP contribution in [0.1, 0.15) is 34.5 Å². The molecule has 0 saturated carbocycles. The van der Waals surface area contributed by atoms with Crippen molar-refractivity contribution in [1.82, 2.24) is 19.7 Å². The lowest BCUT2D eigenvalue weighted by Gasteiger charge is -2.31. The normalized spacial score (nSPS) is 14.3. The molecule has 0 radical (unpaired) electrons. The summed E-state index contributed by atoms with van der Waals surface area (Å²) in [5, 5.41) is 12.2. The molecule has 174 valence electrons. The highest BCUT2D eigenvalue weighted by molar-refractivity contribution is 7.14. The molecule has 3 aromatic heterocycles. The van der Waals surface area contributed by atoms with Gasteiger partial charge in [0.1, 0.15) is 5.69 Å². The van der Waals surface area contributed by atoms with E-state index < -0.39 is 0 Å². The standard InChI is InChI=1S/C25H25N5O2S2/c1-17-16-34-25(26-17)27-23(31)19-9-11-29(12-10-19)24(32)20-15-30(14-18-6-3-2-4-7-18)28-22(20)21-8-5-13-33-21/h2-8,13,15-16,19H,9-12,14H2,1H3,(H,26,27,31). The van der Waals surface area contributed by atoms with Crippen molar-refractivity contribution < 1.29 is 9.59 Å². The van der Waals surface area contributed by atoms with Crippen molar-refractivity contribution >= 4 is 39.6 Å². The van der Waals surface area contributed by atoms with Crippen LogP contribution in [0.2, 0.25) is 0 Å². The van der Waals surface area contributed by atoms with Crippen molar-refractivity contribution in [2.75, 3.05) is 18.4 Å². The molecule has 1 fully saturated rings. The summed E-state index contributed by atoms with van der Waals surface area (Å²) >= 11 is 3.01. The molecule has 7 nitrogen and oxygen atoms in total. The van der Waals surface area contributed by atoms with Crippen molar-refractivity contribution in [2.45, 2.75) is 26.3 Å². The van der Waals surface area contributed by atoms with Crippen molar-refractivity contribution in [1.29, 1.82) is 0 Å². The Labute approximate surface area is 206 Å². The third-order valence-electron chi connectivity index (χ3n) is 5.94. The zero-order valence-electron chi connectivity index (χ0n) is 18.8. The molecule has 1 aromatic carbocycles. The number of anilines is 1. The van der Waals surface area contributed by atoms with Crippen LogP contribution in [-0.4, -0.2) is 44.6 Å². The molecule has 1 saturated heterocycles. The van der Waals surface area contributed by atoms with E-state index in [1.165, 1.54) is 11.3 Å². The summed E-state index contributed by atoms with van der Waals surface area (Å²) in [5.74, 6) is -0.167. The number of hydrogen-bond acceptors (Lipinski definition) is 6. The number of carbonyl (C=O) groups excluding carboxylic acids is 2. The minimum Gasteiger partial charge on any atom is -0.338 e. The Hall–Kier alpha value is -3.30. The number of carbonyl (C=O) groups is 2. The maximum atomic E-state index is 13.5. The molecule has 4 aromatic rings. The van der Waals surface area contributed by atoms with Crippen LogP contribution in [0, 0.1) is 12.8 Å². The number of aryl methyl sites for hydroxylation is 1. The van der Waals surface area contributed by atoms with Crippen LogP contribution in [0.5, 0.6) is 0 Å². The molecule has 1 N–H and O–H groups in total. The van der Waals surface area contributed by atoms with Gasteiger partial charge in [-0.1, -0.05) is 36.4 Å². The molecule has 34 heavy (non-hydrogen) atoms. The zero-order chi connectivity index (χ0) is 23.5. The van der Waals surface area contributed by atoms with Gasteiger partial charge in [0.2, 0.25) is 5.91 Å². The van der Waals surface area contributed by atoms with Crippen LogP contribution < -0.4 is 5.32 Å². The Kier molecular flexibility index (Phi) is 6.55. The summed E-state index contributed by atoms with van der Waals surface area (Å²) in [5.41, 5.74) is 3.36. The highest BCUT2D eigenvalue weighted by Crippen LogP contribution is 2.29. The Morgan fingerprint density at radius 1 is 1.09 bits per heavy atom. The predicted molar refractivity (Wildman–Crippen MR) is 135 cm³/mol. The highest BCUT2D eigenvalue weighted by atomic mass is 32.1. The molecule has 0 unspecified atom stereocenters. The second kappa shape index (κ2) is 9.90. The molecule has 1 aliphatic rings. The van der Waals surface area contributed by atoms with Gasteiger partial charge >= 0.3 is 0 Å². The first kappa shape index (κ1) is 22.5. The number of rotatable bonds is 6. The fourth-order valence-electron chi connectivity index (χ4n) is 4.16. The van der Waals surface area contributed by atoms with Gasteiger partial charge in [-0.2, -0.15) is 5.10 Å². The number of likely N-dealkylation sites (tertiary alicyclic amines) is 1. The van der Waals surface area contributed by atoms with Crippen LogP contribution in [0.25, 0.3) is 10.6 Å². The number of aromatic nitrogens is 3. The summed E-state index contributed by atoms with van der Waals surface area (Å²) in [6, 6.07) is 14.1. The lowest BCUT2D eigenvalue weighted by atomic mass is 9.95. The first-order chi connectivity index (χ1) is 16.6. The number of thiophene rings is 1. The fraction of sp³-hybridized carbons (Fsp3) is 0.280. The monoisotopic (exact) mass is 491 g/mol. The molecular formula is C25H25N5O2S2. The smallest absolute Gasteiger partial charge is 0.257 e. The van der Waals surface area contributed by atoms with Gasteiger partial charge in [0.15, 0.2) is 5.13 Å². The van der Waals surface area contributed by atoms with E-state index in [2.05, 4.69) is 22.4 Å². The predicted octanol–water partition coefficient (Wildman–Crippen LogP) is 4.92. The minimum atomic E-state index is -0.120. The second-order valence-corrected chi connectivity index (χ2v) is 10.2. The molecule has 9 heteroatoms. The number of nitrogens with one attached hydrogen (secondary N) is 1. The first-order valence-corrected chi connectivity index (χ1v) is 13.0. The Morgan fingerprint density at radius 3 is 2.56 bits per heavy atom. The second-order valence-electron chi connectivity index (χ2n) is 8.40. The molecular weight excluding hydrogens is 466 g/mol. The summed E-state index contributed by atoms with van der Waals surface area (Å²) < 4.78 is 1.84. The van der Waals surface area contributed by atoms with E-state index in [9.17, 15) is 9.59 Å². The summed E-state index contributed by atoms with van der Waals surface area (Å²) in [7, 11) is 0. The minimum absolute atomic E-state index is 0.0172. The van der Waals surface area contributed by atoms with Gasteiger partial charge < -0.3 is 10.2 Å². The van der Waals surface area contributed by atoms with E-state index in [0.717, 1.165) is 21.8 Å². The zero-order valence-corrected chi connectivity index (χ0v) is 20.4. The Bertz CT molecular complexity index is 1270. The average Bonchev–Trinajstić information content (AvgIpc) is 3.61. The Morgan fingerprint density at radius 2 is 1.88 bits per heavy atom. The van der Waals surface area contributed by atoms with Crippen LogP contribution in [0.3, 0.4) is 0 Å². The molecule has 1 aliphatic heterocycles. The Balaban J connectivity index is 1.29. The molecule has 0 bridgehead atoms. The number of thiazole rings is 1. The van der Waals surface area contributed by atoms with Gasteiger partial charge in [-0.05, 0) is 36.8 Å². The van der Waals surface area contributed by atoms with Crippen molar-refractivity contribution in [3.63, 3.8) is 0 Å². The van der Waals surface area contributed by atoms with Crippen LogP contribution in [0.4, 0.5) is 5.13 Å². The van der Waals surface area contributed by atoms with Crippen molar-refractivity contribution in [3.8, 4) is 10.6 Å². The third kappa shape index (κ3) is 4.95. The molecule has 4 heterocycles. The van der Waals surface area contributed by atoms with Gasteiger partial charge in [-0.15, -0.1) is 22.7 Å². The average molecular weight is 492 g/mol. The molecule has 5 rings (SSSR count). The number of piperidine rings is 1. The third-order valence-corrected chi connectivity index (χ3v) is 7.69. The van der Waals surface area contributed by atoms with Crippen LogP contribution in [0.15, 0.2) is 59.4 Å². The summed E-state index contributed by atoms with van der Waals surface area (Å²) in [6.45, 7) is 3.59. The van der Waals surface area contributed by atoms with Crippen molar-refractivity contribution in [3.05, 3.63) is 76.2 Å². The number of benzene rings is 1. The van der Waals surface area contributed by atoms with Gasteiger partial charge in [-0.25, -0.2) is 4.98 Å². The van der Waals surface area contributed by atoms with Gasteiger partial charge in [-0.3, -0.25) is 14.3 Å². The summed E-state index contributed by atoms with van der Waals surface area (Å²) in [4.78, 5) is 33.3. The van der Waals surface area contributed by atoms with Gasteiger partial charge in [0.05, 0.1) is 22.7 Å². The first-order valence-electron chi connectivity index (χ1n) is 11.2. The molecule has 0 atom stereocenters. The number of amides is 2. The van der Waals surface area contributed by atoms with E-state index in [-0.39, 0.29) is 17.7 Å². The maximum absolute atomic E-state index is 13.5. The van der Waals surface area contributed by atoms with E-state index in [1.807, 2.05) is 63.8 Å². The van der Waals surface area contributed by atoms with Gasteiger partial charge in [0.25, 0.3) is 5.91 Å². The van der Waals surface area contributed by atoms with Gasteiger partial charge in [0, 0.05) is 30.6 Å². The maximum Gasteiger partial charge on any atom is 0.257 e. The van der Waals surface area contributed by atoms with E-state index in [4.69, 9.17) is 5.10 Å². The molecule has 0 aliphatic carbocycles. The van der Waals surface area contributed by atoms with Crippen LogP contribution >= 0.6 is 22.7 Å². The number of nitrogens with zero attached hydrogens (tertiary/aromatic N) is 4. The van der Waals surface area contributed by atoms with Crippen LogP contribution in [-0.2, 0) is 11.3 Å². The molecule has 0 spiro atoms. The SMILES string of the molecule is Cc1csc(NC(=O)C2CCN(C(=O)c3cn(Cc4ccccc4)nc3-c3cccs3)CC2)n1. The fourth-order valence-corrected chi connectivity index (χ4v) is 5.57. The number of hydrogen-bond donors (Lipinski definition) is 1. The lowest BCUT2D eigenvalue weighted by molar-refractivity contribution is -0.121. The largest absolute Gasteiger partial charge is 0.338 e. The van der Waals surface area contributed by atoms with E-state index >= 15 is 0 Å². The lowest BCUT2D eigenvalue weighted by Crippen LogP contribution is -2.41. The topological polar surface area (TPSA) is 80.1 Å². The quantitative estimate of drug-likeness (QED) is 0.415. The van der Waals surface area contributed by atoms with E-state index in [0.29, 0.717) is 43.2 Å².